The Kier molecular flexibility index (Phi) is 3.34. The zero-order valence-electron chi connectivity index (χ0n) is 9.54. The lowest BCUT2D eigenvalue weighted by Gasteiger charge is -2.31. The summed E-state index contributed by atoms with van der Waals surface area (Å²) in [5.41, 5.74) is 4.53. The van der Waals surface area contributed by atoms with E-state index < -0.39 is 11.7 Å². The Morgan fingerprint density at radius 1 is 1.39 bits per heavy atom. The average Bonchev–Trinajstić information content (AvgIpc) is 2.21. The number of aliphatic hydroxyl groups excluding tert-OH is 1. The zero-order valence-corrected chi connectivity index (χ0v) is 9.54. The van der Waals surface area contributed by atoms with Crippen molar-refractivity contribution in [3.63, 3.8) is 0 Å². The quantitative estimate of drug-likeness (QED) is 0.776. The summed E-state index contributed by atoms with van der Waals surface area (Å²) in [4.78, 5) is 3.80. The first-order chi connectivity index (χ1) is 8.34. The molecule has 4 N–H and O–H groups in total. The maximum Gasteiger partial charge on any atom is 0.416 e. The Morgan fingerprint density at radius 3 is 2.61 bits per heavy atom. The predicted molar refractivity (Wildman–Crippen MR) is 60.9 cm³/mol. The predicted octanol–water partition coefficient (Wildman–Crippen LogP) is 1.87. The molecule has 18 heavy (non-hydrogen) atoms. The van der Waals surface area contributed by atoms with Crippen LogP contribution < -0.4 is 11.1 Å². The molecule has 0 bridgehead atoms. The van der Waals surface area contributed by atoms with Crippen molar-refractivity contribution in [1.82, 2.24) is 4.98 Å². The number of anilines is 2. The molecular weight excluding hydrogens is 247 g/mol. The monoisotopic (exact) mass is 261 g/mol. The Labute approximate surface area is 102 Å². The van der Waals surface area contributed by atoms with Crippen LogP contribution >= 0.6 is 0 Å². The molecule has 0 spiro atoms. The molecule has 1 aliphatic carbocycles. The van der Waals surface area contributed by atoms with Gasteiger partial charge in [-0.2, -0.15) is 13.2 Å². The van der Waals surface area contributed by atoms with E-state index in [9.17, 15) is 13.2 Å². The number of hydrogen-bond donors (Lipinski definition) is 3. The molecule has 0 atom stereocenters. The maximum atomic E-state index is 12.5. The van der Waals surface area contributed by atoms with Gasteiger partial charge in [-0.3, -0.25) is 0 Å². The van der Waals surface area contributed by atoms with Crippen LogP contribution in [-0.4, -0.2) is 22.7 Å². The van der Waals surface area contributed by atoms with Gasteiger partial charge in [0, 0.05) is 6.54 Å². The number of aliphatic hydroxyl groups is 1. The molecule has 1 heterocycles. The molecule has 0 aliphatic heterocycles. The minimum Gasteiger partial charge on any atom is -0.393 e. The molecule has 7 heteroatoms. The third-order valence-corrected chi connectivity index (χ3v) is 2.96. The average molecular weight is 261 g/mol. The molecule has 1 saturated carbocycles. The first-order valence-corrected chi connectivity index (χ1v) is 5.61. The number of nitrogen functional groups attached to an aromatic ring is 1. The van der Waals surface area contributed by atoms with Crippen molar-refractivity contribution in [2.75, 3.05) is 17.6 Å². The van der Waals surface area contributed by atoms with E-state index in [-0.39, 0.29) is 23.7 Å². The minimum absolute atomic E-state index is 0.115. The Hall–Kier alpha value is -1.50. The van der Waals surface area contributed by atoms with Crippen LogP contribution in [0.5, 0.6) is 0 Å². The van der Waals surface area contributed by atoms with E-state index in [1.54, 1.807) is 0 Å². The lowest BCUT2D eigenvalue weighted by atomic mass is 9.82. The molecule has 1 aromatic heterocycles. The summed E-state index contributed by atoms with van der Waals surface area (Å²) >= 11 is 0. The first-order valence-electron chi connectivity index (χ1n) is 5.61. The van der Waals surface area contributed by atoms with Gasteiger partial charge < -0.3 is 16.2 Å². The van der Waals surface area contributed by atoms with Crippen LogP contribution in [0.4, 0.5) is 24.8 Å². The van der Waals surface area contributed by atoms with E-state index in [2.05, 4.69) is 10.3 Å². The Bertz CT molecular complexity index is 430. The van der Waals surface area contributed by atoms with Gasteiger partial charge in [0.1, 0.15) is 11.6 Å². The smallest absolute Gasteiger partial charge is 0.393 e. The Morgan fingerprint density at radius 2 is 2.06 bits per heavy atom. The van der Waals surface area contributed by atoms with Crippen LogP contribution in [0.1, 0.15) is 18.4 Å². The zero-order chi connectivity index (χ0) is 13.3. The molecule has 0 radical (unpaired) electrons. The highest BCUT2D eigenvalue weighted by Crippen LogP contribution is 2.32. The van der Waals surface area contributed by atoms with Crippen LogP contribution in [0.2, 0.25) is 0 Å². The standard InChI is InChI=1S/C11H14F3N3O/c12-11(13,14)7-3-9(15)17-10(4-7)16-5-6-1-8(18)2-6/h3-4,6,8,18H,1-2,5H2,(H3,15,16,17). The second kappa shape index (κ2) is 4.64. The third kappa shape index (κ3) is 3.04. The number of nitrogens with one attached hydrogen (secondary N) is 1. The second-order valence-electron chi connectivity index (χ2n) is 4.54. The molecule has 0 saturated heterocycles. The molecule has 0 aromatic carbocycles. The third-order valence-electron chi connectivity index (χ3n) is 2.96. The van der Waals surface area contributed by atoms with E-state index >= 15 is 0 Å². The summed E-state index contributed by atoms with van der Waals surface area (Å²) in [6, 6.07) is 1.74. The minimum atomic E-state index is -4.43. The van der Waals surface area contributed by atoms with Crippen molar-refractivity contribution in [3.8, 4) is 0 Å². The van der Waals surface area contributed by atoms with E-state index in [1.165, 1.54) is 0 Å². The van der Waals surface area contributed by atoms with Gasteiger partial charge in [0.05, 0.1) is 11.7 Å². The fourth-order valence-corrected chi connectivity index (χ4v) is 1.92. The SMILES string of the molecule is Nc1cc(C(F)(F)F)cc(NCC2CC(O)C2)n1. The van der Waals surface area contributed by atoms with Crippen LogP contribution in [-0.2, 0) is 6.18 Å². The number of halogens is 3. The van der Waals surface area contributed by atoms with Crippen LogP contribution in [0, 0.1) is 5.92 Å². The molecule has 100 valence electrons. The summed E-state index contributed by atoms with van der Waals surface area (Å²) in [5, 5.41) is 11.9. The normalized spacial score (nSPS) is 23.6. The molecule has 1 fully saturated rings. The summed E-state index contributed by atoms with van der Waals surface area (Å²) in [6.45, 7) is 0.491. The van der Waals surface area contributed by atoms with Gasteiger partial charge in [-0.05, 0) is 30.9 Å². The summed E-state index contributed by atoms with van der Waals surface area (Å²) < 4.78 is 37.6. The van der Waals surface area contributed by atoms with E-state index in [0.717, 1.165) is 12.1 Å². The topological polar surface area (TPSA) is 71.2 Å². The van der Waals surface area contributed by atoms with Gasteiger partial charge in [-0.1, -0.05) is 0 Å². The fourth-order valence-electron chi connectivity index (χ4n) is 1.92. The summed E-state index contributed by atoms with van der Waals surface area (Å²) in [5.74, 6) is 0.224. The maximum absolute atomic E-state index is 12.5. The van der Waals surface area contributed by atoms with Crippen molar-refractivity contribution in [1.29, 1.82) is 0 Å². The van der Waals surface area contributed by atoms with Crippen LogP contribution in [0.3, 0.4) is 0 Å². The van der Waals surface area contributed by atoms with Gasteiger partial charge in [-0.25, -0.2) is 4.98 Å². The lowest BCUT2D eigenvalue weighted by molar-refractivity contribution is -0.137. The van der Waals surface area contributed by atoms with Crippen LogP contribution in [0.25, 0.3) is 0 Å². The summed E-state index contributed by atoms with van der Waals surface area (Å²) in [6.07, 6.45) is -3.38. The highest BCUT2D eigenvalue weighted by atomic mass is 19.4. The largest absolute Gasteiger partial charge is 0.416 e. The van der Waals surface area contributed by atoms with Crippen molar-refractivity contribution in [2.45, 2.75) is 25.1 Å². The van der Waals surface area contributed by atoms with Crippen molar-refractivity contribution in [3.05, 3.63) is 17.7 Å². The number of nitrogens with two attached hydrogens (primary N) is 1. The van der Waals surface area contributed by atoms with Crippen molar-refractivity contribution >= 4 is 11.6 Å². The number of nitrogens with zero attached hydrogens (tertiary/aromatic N) is 1. The van der Waals surface area contributed by atoms with E-state index in [1.807, 2.05) is 0 Å². The molecule has 0 amide bonds. The molecule has 1 aliphatic rings. The number of pyridine rings is 1. The Balaban J connectivity index is 2.02. The second-order valence-corrected chi connectivity index (χ2v) is 4.54. The van der Waals surface area contributed by atoms with Gasteiger partial charge in [0.2, 0.25) is 0 Å². The highest BCUT2D eigenvalue weighted by molar-refractivity contribution is 5.47. The van der Waals surface area contributed by atoms with E-state index in [4.69, 9.17) is 10.8 Å². The number of hydrogen-bond acceptors (Lipinski definition) is 4. The first kappa shape index (κ1) is 12.9. The van der Waals surface area contributed by atoms with Gasteiger partial charge >= 0.3 is 6.18 Å². The number of rotatable bonds is 3. The molecule has 2 rings (SSSR count). The van der Waals surface area contributed by atoms with Gasteiger partial charge in [0.25, 0.3) is 0 Å². The van der Waals surface area contributed by atoms with Crippen molar-refractivity contribution in [2.24, 2.45) is 5.92 Å². The van der Waals surface area contributed by atoms with E-state index in [0.29, 0.717) is 19.4 Å². The molecule has 1 aromatic rings. The number of aromatic nitrogens is 1. The molecule has 0 unspecified atom stereocenters. The summed E-state index contributed by atoms with van der Waals surface area (Å²) in [7, 11) is 0. The van der Waals surface area contributed by atoms with Gasteiger partial charge in [0.15, 0.2) is 0 Å². The highest BCUT2D eigenvalue weighted by Gasteiger charge is 2.32. The van der Waals surface area contributed by atoms with Crippen LogP contribution in [0.15, 0.2) is 12.1 Å². The molecule has 4 nitrogen and oxygen atoms in total. The molecular formula is C11H14F3N3O. The fraction of sp³-hybridized carbons (Fsp3) is 0.545. The van der Waals surface area contributed by atoms with Gasteiger partial charge in [-0.15, -0.1) is 0 Å². The lowest BCUT2D eigenvalue weighted by Crippen LogP contribution is -2.33. The van der Waals surface area contributed by atoms with Crippen molar-refractivity contribution < 1.29 is 18.3 Å². The number of alkyl halides is 3.